The first kappa shape index (κ1) is 14.6. The average molecular weight is 313 g/mol. The summed E-state index contributed by atoms with van der Waals surface area (Å²) in [6, 6.07) is 4.68. The lowest BCUT2D eigenvalue weighted by Crippen LogP contribution is -2.26. The molecule has 0 saturated carbocycles. The molecule has 0 atom stereocenters. The van der Waals surface area contributed by atoms with Crippen molar-refractivity contribution < 1.29 is 19.2 Å². The number of aromatic nitrogens is 2. The van der Waals surface area contributed by atoms with Crippen LogP contribution in [0.25, 0.3) is 0 Å². The minimum absolute atomic E-state index is 0.148. The molecule has 2 aromatic rings. The van der Waals surface area contributed by atoms with Crippen molar-refractivity contribution in [1.29, 1.82) is 0 Å². The predicted molar refractivity (Wildman–Crippen MR) is 70.3 cm³/mol. The van der Waals surface area contributed by atoms with Crippen molar-refractivity contribution in [1.82, 2.24) is 9.97 Å². The molecule has 0 bridgehead atoms. The van der Waals surface area contributed by atoms with Crippen LogP contribution in [0.4, 0.5) is 26.4 Å². The summed E-state index contributed by atoms with van der Waals surface area (Å²) in [6.45, 7) is 0. The standard InChI is InChI=1S/C11H6ClFN4O4/c12-10-14-5-8(13)9(15-10)16(11(18)19)6-2-1-3-7(4-6)17(20)21/h1-5H,(H,18,19). The molecule has 0 aliphatic carbocycles. The Labute approximate surface area is 121 Å². The first-order valence-corrected chi connectivity index (χ1v) is 5.73. The van der Waals surface area contributed by atoms with Gasteiger partial charge in [0.15, 0.2) is 11.6 Å². The minimum atomic E-state index is -1.58. The summed E-state index contributed by atoms with van der Waals surface area (Å²) in [5.74, 6) is -1.66. The normalized spacial score (nSPS) is 10.2. The number of halogens is 2. The zero-order chi connectivity index (χ0) is 15.6. The maximum Gasteiger partial charge on any atom is 0.417 e. The van der Waals surface area contributed by atoms with E-state index in [1.165, 1.54) is 18.2 Å². The summed E-state index contributed by atoms with van der Waals surface area (Å²) >= 11 is 5.52. The predicted octanol–water partition coefficient (Wildman–Crippen LogP) is 2.99. The van der Waals surface area contributed by atoms with Gasteiger partial charge in [0.05, 0.1) is 16.8 Å². The highest BCUT2D eigenvalue weighted by Gasteiger charge is 2.24. The lowest BCUT2D eigenvalue weighted by molar-refractivity contribution is -0.384. The van der Waals surface area contributed by atoms with Gasteiger partial charge in [-0.2, -0.15) is 4.98 Å². The third-order valence-corrected chi connectivity index (χ3v) is 2.58. The minimum Gasteiger partial charge on any atom is -0.464 e. The van der Waals surface area contributed by atoms with Crippen LogP contribution in [0.2, 0.25) is 5.28 Å². The van der Waals surface area contributed by atoms with Crippen LogP contribution in [0.5, 0.6) is 0 Å². The van der Waals surface area contributed by atoms with Gasteiger partial charge in [-0.3, -0.25) is 10.1 Å². The molecule has 0 saturated heterocycles. The van der Waals surface area contributed by atoms with Gasteiger partial charge in [-0.25, -0.2) is 19.1 Å². The molecule has 8 nitrogen and oxygen atoms in total. The van der Waals surface area contributed by atoms with Gasteiger partial charge in [-0.15, -0.1) is 0 Å². The summed E-state index contributed by atoms with van der Waals surface area (Å²) < 4.78 is 13.7. The van der Waals surface area contributed by atoms with Crippen molar-refractivity contribution in [2.75, 3.05) is 4.90 Å². The van der Waals surface area contributed by atoms with Crippen LogP contribution in [0.1, 0.15) is 0 Å². The second-order valence-corrected chi connectivity index (χ2v) is 4.04. The van der Waals surface area contributed by atoms with Crippen LogP contribution in [0.15, 0.2) is 30.5 Å². The van der Waals surface area contributed by atoms with Gasteiger partial charge in [0, 0.05) is 12.1 Å². The van der Waals surface area contributed by atoms with E-state index in [1.54, 1.807) is 0 Å². The highest BCUT2D eigenvalue weighted by atomic mass is 35.5. The fourth-order valence-corrected chi connectivity index (χ4v) is 1.69. The Morgan fingerprint density at radius 1 is 1.48 bits per heavy atom. The number of hydrogen-bond donors (Lipinski definition) is 1. The van der Waals surface area contributed by atoms with E-state index in [1.807, 2.05) is 0 Å². The van der Waals surface area contributed by atoms with E-state index in [9.17, 15) is 24.4 Å². The van der Waals surface area contributed by atoms with Crippen molar-refractivity contribution in [2.45, 2.75) is 0 Å². The van der Waals surface area contributed by atoms with Crippen LogP contribution in [-0.4, -0.2) is 26.1 Å². The number of amides is 1. The topological polar surface area (TPSA) is 109 Å². The summed E-state index contributed by atoms with van der Waals surface area (Å²) in [4.78, 5) is 28.7. The van der Waals surface area contributed by atoms with E-state index in [4.69, 9.17) is 11.6 Å². The molecule has 2 rings (SSSR count). The molecule has 0 unspecified atom stereocenters. The van der Waals surface area contributed by atoms with Crippen LogP contribution in [-0.2, 0) is 0 Å². The monoisotopic (exact) mass is 312 g/mol. The third-order valence-electron chi connectivity index (χ3n) is 2.40. The third kappa shape index (κ3) is 3.03. The molecule has 1 heterocycles. The molecule has 108 valence electrons. The number of rotatable bonds is 3. The number of anilines is 2. The Hall–Kier alpha value is -2.81. The molecule has 10 heteroatoms. The molecular formula is C11H6ClFN4O4. The fraction of sp³-hybridized carbons (Fsp3) is 0. The number of non-ortho nitro benzene ring substituents is 1. The zero-order valence-corrected chi connectivity index (χ0v) is 10.9. The van der Waals surface area contributed by atoms with Gasteiger partial charge in [0.2, 0.25) is 5.28 Å². The van der Waals surface area contributed by atoms with E-state index in [2.05, 4.69) is 9.97 Å². The molecule has 21 heavy (non-hydrogen) atoms. The maximum atomic E-state index is 13.7. The largest absolute Gasteiger partial charge is 0.464 e. The van der Waals surface area contributed by atoms with Gasteiger partial charge in [0.1, 0.15) is 0 Å². The van der Waals surface area contributed by atoms with Crippen molar-refractivity contribution in [3.05, 3.63) is 51.7 Å². The Balaban J connectivity index is 2.59. The highest BCUT2D eigenvalue weighted by molar-refractivity contribution is 6.28. The van der Waals surface area contributed by atoms with E-state index < -0.39 is 22.7 Å². The lowest BCUT2D eigenvalue weighted by Gasteiger charge is -2.18. The highest BCUT2D eigenvalue weighted by Crippen LogP contribution is 2.29. The number of hydrogen-bond acceptors (Lipinski definition) is 5. The Bertz CT molecular complexity index is 727. The summed E-state index contributed by atoms with van der Waals surface area (Å²) in [5, 5.41) is 19.6. The molecule has 1 N–H and O–H groups in total. The van der Waals surface area contributed by atoms with E-state index in [0.717, 1.165) is 6.07 Å². The van der Waals surface area contributed by atoms with E-state index >= 15 is 0 Å². The quantitative estimate of drug-likeness (QED) is 0.530. The molecule has 0 radical (unpaired) electrons. The molecule has 0 fully saturated rings. The maximum absolute atomic E-state index is 13.7. The number of carboxylic acid groups (broad SMARTS) is 1. The van der Waals surface area contributed by atoms with Crippen molar-refractivity contribution in [2.24, 2.45) is 0 Å². The molecule has 0 aliphatic rings. The number of benzene rings is 1. The molecule has 1 amide bonds. The molecule has 1 aromatic carbocycles. The van der Waals surface area contributed by atoms with Crippen molar-refractivity contribution in [3.63, 3.8) is 0 Å². The van der Waals surface area contributed by atoms with Crippen LogP contribution in [0.3, 0.4) is 0 Å². The molecular weight excluding hydrogens is 307 g/mol. The molecule has 1 aromatic heterocycles. The second-order valence-electron chi connectivity index (χ2n) is 3.71. The lowest BCUT2D eigenvalue weighted by atomic mass is 10.2. The summed E-state index contributed by atoms with van der Waals surface area (Å²) in [7, 11) is 0. The van der Waals surface area contributed by atoms with E-state index in [-0.39, 0.29) is 16.7 Å². The van der Waals surface area contributed by atoms with Gasteiger partial charge in [-0.1, -0.05) is 6.07 Å². The number of nitro groups is 1. The van der Waals surface area contributed by atoms with Crippen LogP contribution >= 0.6 is 11.6 Å². The molecule has 0 spiro atoms. The number of nitrogens with zero attached hydrogens (tertiary/aromatic N) is 4. The van der Waals surface area contributed by atoms with Crippen molar-refractivity contribution in [3.8, 4) is 0 Å². The summed E-state index contributed by atoms with van der Waals surface area (Å²) in [5.41, 5.74) is -0.496. The fourth-order valence-electron chi connectivity index (χ4n) is 1.56. The van der Waals surface area contributed by atoms with Gasteiger partial charge < -0.3 is 5.11 Å². The summed E-state index contributed by atoms with van der Waals surface area (Å²) in [6.07, 6.45) is -0.873. The molecule has 0 aliphatic heterocycles. The SMILES string of the molecule is O=C(O)N(c1cccc([N+](=O)[O-])c1)c1nc(Cl)ncc1F. The first-order chi connectivity index (χ1) is 9.90. The van der Waals surface area contributed by atoms with Crippen molar-refractivity contribution >= 4 is 34.9 Å². The van der Waals surface area contributed by atoms with Gasteiger partial charge in [-0.05, 0) is 17.7 Å². The number of carbonyl (C=O) groups is 1. The van der Waals surface area contributed by atoms with Gasteiger partial charge in [0.25, 0.3) is 5.69 Å². The van der Waals surface area contributed by atoms with Crippen LogP contribution in [0, 0.1) is 15.9 Å². The smallest absolute Gasteiger partial charge is 0.417 e. The second kappa shape index (κ2) is 5.67. The number of nitro benzene ring substituents is 1. The Morgan fingerprint density at radius 2 is 2.19 bits per heavy atom. The Kier molecular flexibility index (Phi) is 3.94. The van der Waals surface area contributed by atoms with Gasteiger partial charge >= 0.3 is 6.09 Å². The van der Waals surface area contributed by atoms with E-state index in [0.29, 0.717) is 11.1 Å². The zero-order valence-electron chi connectivity index (χ0n) is 10.1. The first-order valence-electron chi connectivity index (χ1n) is 5.35. The average Bonchev–Trinajstić information content (AvgIpc) is 2.43. The Morgan fingerprint density at radius 3 is 2.81 bits per heavy atom. The van der Waals surface area contributed by atoms with Crippen LogP contribution < -0.4 is 4.90 Å².